The quantitative estimate of drug-likeness (QED) is 0.415. The fraction of sp³-hybridized carbons (Fsp3) is 0.360. The van der Waals surface area contributed by atoms with Gasteiger partial charge in [-0.25, -0.2) is 13.9 Å². The summed E-state index contributed by atoms with van der Waals surface area (Å²) < 4.78 is 24.0. The zero-order valence-electron chi connectivity index (χ0n) is 20.1. The number of carbonyl (C=O) groups excluding carboxylic acids is 2. The third-order valence-electron chi connectivity index (χ3n) is 5.55. The van der Waals surface area contributed by atoms with Crippen LogP contribution in [0.4, 0.5) is 9.18 Å². The Bertz CT molecular complexity index is 1280. The Kier molecular flexibility index (Phi) is 7.51. The number of aromatic nitrogens is 3. The van der Waals surface area contributed by atoms with Gasteiger partial charge in [0.25, 0.3) is 0 Å². The number of carbonyl (C=O) groups is 2. The molecule has 1 fully saturated rings. The van der Waals surface area contributed by atoms with Crippen molar-refractivity contribution in [1.29, 1.82) is 0 Å². The predicted octanol–water partition coefficient (Wildman–Crippen LogP) is 5.07. The molecule has 0 aliphatic carbocycles. The Balaban J connectivity index is 1.40. The Morgan fingerprint density at radius 1 is 1.14 bits per heavy atom. The maximum Gasteiger partial charge on any atom is 0.410 e. The Morgan fingerprint density at radius 3 is 2.56 bits per heavy atom. The summed E-state index contributed by atoms with van der Waals surface area (Å²) in [7, 11) is 0. The van der Waals surface area contributed by atoms with Crippen LogP contribution in [0, 0.1) is 0 Å². The standard InChI is InChI=1S/C25H26Br2FN5O3/c1-24(2,3)36-23(35)32-14-25(28,15-32)21-13-33(31-30-21)20-7-5-4-6-17(20)12-29-22(34)11-16-8-9-18(26)19(27)10-16/h4-10,13H,11-12,14-15H2,1-3H3,(H,29,34). The molecule has 0 bridgehead atoms. The van der Waals surface area contributed by atoms with Crippen LogP contribution in [0.1, 0.15) is 37.6 Å². The molecule has 0 spiro atoms. The van der Waals surface area contributed by atoms with E-state index in [1.807, 2.05) is 42.5 Å². The number of nitrogens with zero attached hydrogens (tertiary/aromatic N) is 4. The van der Waals surface area contributed by atoms with E-state index in [4.69, 9.17) is 4.74 Å². The maximum absolute atomic E-state index is 15.4. The molecule has 36 heavy (non-hydrogen) atoms. The SMILES string of the molecule is CC(C)(C)OC(=O)N1CC(F)(c2cn(-c3ccccc3CNC(=O)Cc3ccc(Br)c(Br)c3)nn2)C1. The van der Waals surface area contributed by atoms with E-state index in [2.05, 4.69) is 47.5 Å². The summed E-state index contributed by atoms with van der Waals surface area (Å²) in [4.78, 5) is 26.0. The number of hydrogen-bond acceptors (Lipinski definition) is 5. The molecular formula is C25H26Br2FN5O3. The molecule has 2 heterocycles. The summed E-state index contributed by atoms with van der Waals surface area (Å²) in [5.74, 6) is -0.127. The summed E-state index contributed by atoms with van der Waals surface area (Å²) in [6.07, 6.45) is 1.20. The molecule has 0 unspecified atom stereocenters. The molecule has 1 aliphatic heterocycles. The lowest BCUT2D eigenvalue weighted by molar-refractivity contribution is -0.120. The van der Waals surface area contributed by atoms with E-state index in [1.165, 1.54) is 15.8 Å². The van der Waals surface area contributed by atoms with Crippen molar-refractivity contribution in [1.82, 2.24) is 25.2 Å². The molecule has 2 aromatic carbocycles. The highest BCUT2D eigenvalue weighted by molar-refractivity contribution is 9.13. The largest absolute Gasteiger partial charge is 0.444 e. The van der Waals surface area contributed by atoms with Crippen molar-refractivity contribution in [2.24, 2.45) is 0 Å². The van der Waals surface area contributed by atoms with Gasteiger partial charge in [0.15, 0.2) is 5.67 Å². The Labute approximate surface area is 225 Å². The zero-order chi connectivity index (χ0) is 26.1. The summed E-state index contributed by atoms with van der Waals surface area (Å²) in [6.45, 7) is 5.26. The van der Waals surface area contributed by atoms with Gasteiger partial charge in [0.1, 0.15) is 11.3 Å². The van der Waals surface area contributed by atoms with Gasteiger partial charge in [-0.3, -0.25) is 4.79 Å². The first-order chi connectivity index (χ1) is 16.9. The van der Waals surface area contributed by atoms with Crippen LogP contribution in [0.15, 0.2) is 57.6 Å². The van der Waals surface area contributed by atoms with E-state index < -0.39 is 17.4 Å². The van der Waals surface area contributed by atoms with Gasteiger partial charge in [-0.05, 0) is 82.0 Å². The smallest absolute Gasteiger partial charge is 0.410 e. The average Bonchev–Trinajstić information content (AvgIpc) is 3.27. The first-order valence-corrected chi connectivity index (χ1v) is 12.9. The zero-order valence-corrected chi connectivity index (χ0v) is 23.3. The third kappa shape index (κ3) is 6.12. The first-order valence-electron chi connectivity index (χ1n) is 11.3. The molecule has 11 heteroatoms. The minimum absolute atomic E-state index is 0.127. The van der Waals surface area contributed by atoms with Gasteiger partial charge >= 0.3 is 6.09 Å². The van der Waals surface area contributed by atoms with E-state index in [-0.39, 0.29) is 37.7 Å². The lowest BCUT2D eigenvalue weighted by Crippen LogP contribution is -2.59. The molecule has 0 saturated carbocycles. The molecule has 1 saturated heterocycles. The molecule has 1 aromatic heterocycles. The van der Waals surface area contributed by atoms with Crippen molar-refractivity contribution < 1.29 is 18.7 Å². The number of nitrogens with one attached hydrogen (secondary N) is 1. The number of benzene rings is 2. The van der Waals surface area contributed by atoms with Crippen molar-refractivity contribution in [3.63, 3.8) is 0 Å². The van der Waals surface area contributed by atoms with Crippen LogP contribution in [0.2, 0.25) is 0 Å². The fourth-order valence-electron chi connectivity index (χ4n) is 3.74. The van der Waals surface area contributed by atoms with Crippen molar-refractivity contribution in [3.05, 3.63) is 74.4 Å². The Morgan fingerprint density at radius 2 is 1.86 bits per heavy atom. The van der Waals surface area contributed by atoms with E-state index in [1.54, 1.807) is 20.8 Å². The van der Waals surface area contributed by atoms with E-state index in [0.717, 1.165) is 20.1 Å². The first kappa shape index (κ1) is 26.3. The second-order valence-corrected chi connectivity index (χ2v) is 11.4. The summed E-state index contributed by atoms with van der Waals surface area (Å²) in [5.41, 5.74) is 0.0549. The van der Waals surface area contributed by atoms with Gasteiger partial charge < -0.3 is 15.0 Å². The van der Waals surface area contributed by atoms with Crippen LogP contribution in [0.3, 0.4) is 0 Å². The lowest BCUT2D eigenvalue weighted by atomic mass is 9.93. The molecule has 4 rings (SSSR count). The van der Waals surface area contributed by atoms with Gasteiger partial charge in [-0.2, -0.15) is 0 Å². The van der Waals surface area contributed by atoms with E-state index >= 15 is 4.39 Å². The molecule has 0 atom stereocenters. The maximum atomic E-state index is 15.4. The number of para-hydroxylation sites is 1. The van der Waals surface area contributed by atoms with Gasteiger partial charge in [-0.1, -0.05) is 29.5 Å². The van der Waals surface area contributed by atoms with Crippen LogP contribution in [0.5, 0.6) is 0 Å². The highest BCUT2D eigenvalue weighted by Gasteiger charge is 2.50. The molecule has 1 N–H and O–H groups in total. The number of ether oxygens (including phenoxy) is 1. The third-order valence-corrected chi connectivity index (χ3v) is 7.43. The molecule has 8 nitrogen and oxygen atoms in total. The normalized spacial score (nSPS) is 14.8. The number of amides is 2. The predicted molar refractivity (Wildman–Crippen MR) is 139 cm³/mol. The highest BCUT2D eigenvalue weighted by Crippen LogP contribution is 2.36. The fourth-order valence-corrected chi connectivity index (χ4v) is 4.41. The van der Waals surface area contributed by atoms with Crippen molar-refractivity contribution in [2.45, 2.75) is 45.0 Å². The second kappa shape index (κ2) is 10.3. The number of halogens is 3. The second-order valence-electron chi connectivity index (χ2n) is 9.68. The number of likely N-dealkylation sites (tertiary alicyclic amines) is 1. The van der Waals surface area contributed by atoms with Gasteiger partial charge in [0, 0.05) is 15.5 Å². The number of alkyl halides is 1. The van der Waals surface area contributed by atoms with Crippen molar-refractivity contribution in [3.8, 4) is 5.69 Å². The van der Waals surface area contributed by atoms with Crippen LogP contribution in [-0.2, 0) is 28.2 Å². The molecule has 0 radical (unpaired) electrons. The molecule has 3 aromatic rings. The number of hydrogen-bond donors (Lipinski definition) is 1. The molecule has 2 amide bonds. The molecule has 190 valence electrons. The monoisotopic (exact) mass is 621 g/mol. The van der Waals surface area contributed by atoms with Gasteiger partial charge in [0.05, 0.1) is 31.4 Å². The highest BCUT2D eigenvalue weighted by atomic mass is 79.9. The van der Waals surface area contributed by atoms with Crippen molar-refractivity contribution in [2.75, 3.05) is 13.1 Å². The van der Waals surface area contributed by atoms with Crippen LogP contribution >= 0.6 is 31.9 Å². The summed E-state index contributed by atoms with van der Waals surface area (Å²) in [6, 6.07) is 13.0. The van der Waals surface area contributed by atoms with Crippen LogP contribution < -0.4 is 5.32 Å². The van der Waals surface area contributed by atoms with E-state index in [9.17, 15) is 9.59 Å². The lowest BCUT2D eigenvalue weighted by Gasteiger charge is -2.43. The van der Waals surface area contributed by atoms with Gasteiger partial charge in [0.2, 0.25) is 5.91 Å². The summed E-state index contributed by atoms with van der Waals surface area (Å²) in [5, 5.41) is 11.1. The van der Waals surface area contributed by atoms with Gasteiger partial charge in [-0.15, -0.1) is 5.10 Å². The molecule has 1 aliphatic rings. The topological polar surface area (TPSA) is 89.4 Å². The minimum Gasteiger partial charge on any atom is -0.444 e. The minimum atomic E-state index is -1.79. The van der Waals surface area contributed by atoms with Crippen LogP contribution in [0.25, 0.3) is 5.69 Å². The van der Waals surface area contributed by atoms with Crippen molar-refractivity contribution >= 4 is 43.9 Å². The summed E-state index contributed by atoms with van der Waals surface area (Å²) >= 11 is 6.87. The number of rotatable bonds is 6. The molecular weight excluding hydrogens is 597 g/mol. The Hall–Kier alpha value is -2.79. The average molecular weight is 623 g/mol. The van der Waals surface area contributed by atoms with E-state index in [0.29, 0.717) is 5.69 Å². The van der Waals surface area contributed by atoms with Crippen LogP contribution in [-0.4, -0.2) is 50.6 Å².